The van der Waals surface area contributed by atoms with Gasteiger partial charge in [0.25, 0.3) is 0 Å². The number of piperidine rings is 2. The summed E-state index contributed by atoms with van der Waals surface area (Å²) in [7, 11) is 1.75. The Morgan fingerprint density at radius 2 is 1.83 bits per heavy atom. The van der Waals surface area contributed by atoms with Crippen LogP contribution in [0.1, 0.15) is 31.7 Å². The minimum atomic E-state index is -0.659. The molecule has 160 valence electrons. The number of anilines is 1. The molecule has 1 aromatic heterocycles. The summed E-state index contributed by atoms with van der Waals surface area (Å²) in [5.41, 5.74) is 2.37. The molecule has 3 saturated heterocycles. The van der Waals surface area contributed by atoms with Gasteiger partial charge in [0.2, 0.25) is 11.8 Å². The van der Waals surface area contributed by atoms with Crippen molar-refractivity contribution in [2.45, 2.75) is 43.8 Å². The summed E-state index contributed by atoms with van der Waals surface area (Å²) < 4.78 is 8.43. The Morgan fingerprint density at radius 1 is 1.07 bits per heavy atom. The molecule has 0 bridgehead atoms. The molecule has 5 rings (SSSR count). The highest BCUT2D eigenvalue weighted by Crippen LogP contribution is 2.31. The van der Waals surface area contributed by atoms with Gasteiger partial charge in [-0.15, -0.1) is 0 Å². The number of amides is 2. The number of imide groups is 1. The predicted octanol–water partition coefficient (Wildman–Crippen LogP) is 0.275. The summed E-state index contributed by atoms with van der Waals surface area (Å²) in [6.07, 6.45) is 2.66. The maximum atomic E-state index is 13.1. The van der Waals surface area contributed by atoms with Gasteiger partial charge < -0.3 is 15.0 Å². The number of nitrogens with zero attached hydrogens (tertiary/aromatic N) is 3. The molecule has 30 heavy (non-hydrogen) atoms. The average Bonchev–Trinajstić information content (AvgIpc) is 2.96. The average molecular weight is 413 g/mol. The van der Waals surface area contributed by atoms with Gasteiger partial charge in [-0.1, -0.05) is 6.07 Å². The van der Waals surface area contributed by atoms with Gasteiger partial charge in [-0.2, -0.15) is 0 Å². The first-order chi connectivity index (χ1) is 14.5. The quantitative estimate of drug-likeness (QED) is 0.699. The van der Waals surface area contributed by atoms with E-state index in [-0.39, 0.29) is 18.0 Å². The van der Waals surface area contributed by atoms with E-state index < -0.39 is 11.9 Å². The Balaban J connectivity index is 1.44. The van der Waals surface area contributed by atoms with Crippen molar-refractivity contribution in [3.8, 4) is 0 Å². The molecular weight excluding hydrogens is 386 g/mol. The molecule has 2 aromatic rings. The van der Waals surface area contributed by atoms with E-state index in [0.29, 0.717) is 18.5 Å². The Morgan fingerprint density at radius 3 is 2.50 bits per heavy atom. The van der Waals surface area contributed by atoms with Crippen molar-refractivity contribution in [1.82, 2.24) is 19.8 Å². The summed E-state index contributed by atoms with van der Waals surface area (Å²) in [4.78, 5) is 39.4. The summed E-state index contributed by atoms with van der Waals surface area (Å²) in [5, 5.41) is 6.02. The van der Waals surface area contributed by atoms with Gasteiger partial charge in [-0.05, 0) is 31.4 Å². The van der Waals surface area contributed by atoms with E-state index in [1.54, 1.807) is 16.2 Å². The van der Waals surface area contributed by atoms with Crippen LogP contribution in [0, 0.1) is 0 Å². The Hall–Kier alpha value is -2.65. The first kappa shape index (κ1) is 19.3. The molecule has 1 atom stereocenters. The first-order valence-electron chi connectivity index (χ1n) is 10.7. The van der Waals surface area contributed by atoms with Crippen molar-refractivity contribution in [1.29, 1.82) is 0 Å². The van der Waals surface area contributed by atoms with Gasteiger partial charge >= 0.3 is 5.69 Å². The van der Waals surface area contributed by atoms with Gasteiger partial charge in [0.05, 0.1) is 36.0 Å². The number of para-hydroxylation sites is 1. The van der Waals surface area contributed by atoms with E-state index in [4.69, 9.17) is 4.74 Å². The van der Waals surface area contributed by atoms with Gasteiger partial charge in [-0.3, -0.25) is 24.0 Å². The van der Waals surface area contributed by atoms with Gasteiger partial charge in [-0.25, -0.2) is 4.79 Å². The highest BCUT2D eigenvalue weighted by molar-refractivity contribution is 6.00. The maximum absolute atomic E-state index is 13.1. The molecule has 9 nitrogen and oxygen atoms in total. The molecule has 3 aliphatic heterocycles. The Kier molecular flexibility index (Phi) is 4.86. The van der Waals surface area contributed by atoms with E-state index >= 15 is 0 Å². The number of nitrogens with one attached hydrogen (secondary N) is 2. The molecule has 3 aliphatic rings. The number of aryl methyl sites for hydroxylation is 1. The van der Waals surface area contributed by atoms with Crippen LogP contribution in [-0.4, -0.2) is 59.3 Å². The third kappa shape index (κ3) is 3.22. The Labute approximate surface area is 174 Å². The molecule has 0 aliphatic carbocycles. The van der Waals surface area contributed by atoms with Crippen LogP contribution in [0.2, 0.25) is 0 Å². The fourth-order valence-electron chi connectivity index (χ4n) is 4.85. The van der Waals surface area contributed by atoms with E-state index in [2.05, 4.69) is 15.5 Å². The number of carbonyl (C=O) groups is 2. The summed E-state index contributed by atoms with van der Waals surface area (Å²) in [6, 6.07) is 6.18. The van der Waals surface area contributed by atoms with Gasteiger partial charge in [0.15, 0.2) is 0 Å². The first-order valence-corrected chi connectivity index (χ1v) is 10.7. The molecule has 0 saturated carbocycles. The van der Waals surface area contributed by atoms with E-state index in [1.807, 2.05) is 18.2 Å². The summed E-state index contributed by atoms with van der Waals surface area (Å²) in [5.74, 6) is -0.687. The summed E-state index contributed by atoms with van der Waals surface area (Å²) in [6.45, 7) is 3.41. The van der Waals surface area contributed by atoms with Crippen LogP contribution in [0.15, 0.2) is 23.0 Å². The van der Waals surface area contributed by atoms with Crippen LogP contribution in [0.5, 0.6) is 0 Å². The molecule has 2 N–H and O–H groups in total. The predicted molar refractivity (Wildman–Crippen MR) is 112 cm³/mol. The minimum absolute atomic E-state index is 0.228. The molecule has 0 spiro atoms. The van der Waals surface area contributed by atoms with Crippen molar-refractivity contribution < 1.29 is 14.3 Å². The van der Waals surface area contributed by atoms with Crippen molar-refractivity contribution in [2.75, 3.05) is 31.2 Å². The number of carbonyl (C=O) groups excluding carboxylic acids is 2. The number of aromatic nitrogens is 2. The van der Waals surface area contributed by atoms with Crippen LogP contribution in [0.25, 0.3) is 11.0 Å². The van der Waals surface area contributed by atoms with E-state index in [9.17, 15) is 14.4 Å². The number of hydrogen-bond acceptors (Lipinski definition) is 6. The van der Waals surface area contributed by atoms with Crippen molar-refractivity contribution >= 4 is 28.5 Å². The molecule has 1 aromatic carbocycles. The maximum Gasteiger partial charge on any atom is 0.329 e. The molecule has 2 amide bonds. The third-order valence-electron chi connectivity index (χ3n) is 6.55. The van der Waals surface area contributed by atoms with Crippen LogP contribution in [-0.2, 0) is 21.4 Å². The lowest BCUT2D eigenvalue weighted by Crippen LogP contribution is -2.53. The zero-order chi connectivity index (χ0) is 20.8. The monoisotopic (exact) mass is 413 g/mol. The molecule has 3 fully saturated rings. The van der Waals surface area contributed by atoms with E-state index in [1.165, 1.54) is 0 Å². The van der Waals surface area contributed by atoms with Gasteiger partial charge in [0, 0.05) is 32.6 Å². The van der Waals surface area contributed by atoms with Crippen molar-refractivity contribution in [2.24, 2.45) is 7.05 Å². The van der Waals surface area contributed by atoms with E-state index in [0.717, 1.165) is 55.9 Å². The number of benzene rings is 1. The van der Waals surface area contributed by atoms with Crippen LogP contribution in [0.3, 0.4) is 0 Å². The second-order valence-corrected chi connectivity index (χ2v) is 8.49. The van der Waals surface area contributed by atoms with Gasteiger partial charge in [0.1, 0.15) is 6.04 Å². The largest absolute Gasteiger partial charge is 0.378 e. The van der Waals surface area contributed by atoms with Crippen LogP contribution < -0.4 is 21.2 Å². The fraction of sp³-hybridized carbons (Fsp3) is 0.571. The van der Waals surface area contributed by atoms with Crippen LogP contribution in [0.4, 0.5) is 5.69 Å². The number of rotatable bonds is 4. The second-order valence-electron chi connectivity index (χ2n) is 8.49. The Bertz CT molecular complexity index is 1050. The SMILES string of the molecule is Cn1c(=O)n(C2CCC(=O)NC2=O)c2cccc(N3CCC(NC4COC4)CC3)c21. The fourth-order valence-corrected chi connectivity index (χ4v) is 4.85. The topological polar surface area (TPSA) is 97.6 Å². The molecule has 9 heteroatoms. The molecule has 0 radical (unpaired) electrons. The molecule has 1 unspecified atom stereocenters. The number of imidazole rings is 1. The van der Waals surface area contributed by atoms with Crippen LogP contribution >= 0.6 is 0 Å². The molecular formula is C21H27N5O4. The molecule has 4 heterocycles. The normalized spacial score (nSPS) is 23.6. The number of ether oxygens (including phenoxy) is 1. The summed E-state index contributed by atoms with van der Waals surface area (Å²) >= 11 is 0. The standard InChI is InChI=1S/C21H27N5O4/c1-24-19-15(25-9-7-13(8-10-25)22-14-11-30-12-14)3-2-4-16(19)26(21(24)29)17-5-6-18(27)23-20(17)28/h2-4,13-14,17,22H,5-12H2,1H3,(H,23,27,28). The third-order valence-corrected chi connectivity index (χ3v) is 6.55. The zero-order valence-corrected chi connectivity index (χ0v) is 17.1. The lowest BCUT2D eigenvalue weighted by molar-refractivity contribution is -0.135. The number of fused-ring (bicyclic) bond motifs is 1. The van der Waals surface area contributed by atoms with Crippen molar-refractivity contribution in [3.63, 3.8) is 0 Å². The second kappa shape index (κ2) is 7.55. The number of hydrogen-bond donors (Lipinski definition) is 2. The zero-order valence-electron chi connectivity index (χ0n) is 17.1. The smallest absolute Gasteiger partial charge is 0.329 e. The highest BCUT2D eigenvalue weighted by Gasteiger charge is 2.32. The lowest BCUT2D eigenvalue weighted by atomic mass is 10.0. The lowest BCUT2D eigenvalue weighted by Gasteiger charge is -2.38. The van der Waals surface area contributed by atoms with Crippen molar-refractivity contribution in [3.05, 3.63) is 28.7 Å². The minimum Gasteiger partial charge on any atom is -0.378 e. The highest BCUT2D eigenvalue weighted by atomic mass is 16.5.